The van der Waals surface area contributed by atoms with Crippen molar-refractivity contribution in [3.05, 3.63) is 59.9 Å². The molecule has 0 aliphatic carbocycles. The summed E-state index contributed by atoms with van der Waals surface area (Å²) < 4.78 is 0. The highest BCUT2D eigenvalue weighted by Crippen LogP contribution is 2.18. The van der Waals surface area contributed by atoms with Gasteiger partial charge in [0.1, 0.15) is 0 Å². The highest BCUT2D eigenvalue weighted by atomic mass is 15.1. The largest absolute Gasteiger partial charge is 0.367 e. The molecular formula is C16H21N3. The van der Waals surface area contributed by atoms with Gasteiger partial charge in [-0.05, 0) is 49.7 Å². The molecule has 3 heteroatoms. The minimum Gasteiger partial charge on any atom is -0.367 e. The van der Waals surface area contributed by atoms with Gasteiger partial charge < -0.3 is 10.6 Å². The number of pyridine rings is 1. The Hall–Kier alpha value is -1.87. The number of aromatic nitrogens is 1. The molecule has 100 valence electrons. The van der Waals surface area contributed by atoms with E-state index in [2.05, 4.69) is 53.2 Å². The zero-order valence-electron chi connectivity index (χ0n) is 11.4. The van der Waals surface area contributed by atoms with Gasteiger partial charge >= 0.3 is 0 Å². The van der Waals surface area contributed by atoms with Crippen molar-refractivity contribution in [2.45, 2.75) is 19.9 Å². The van der Waals surface area contributed by atoms with Crippen molar-refractivity contribution in [1.29, 1.82) is 0 Å². The van der Waals surface area contributed by atoms with Gasteiger partial charge in [-0.3, -0.25) is 4.98 Å². The molecule has 1 aromatic carbocycles. The summed E-state index contributed by atoms with van der Waals surface area (Å²) in [6, 6.07) is 12.8. The summed E-state index contributed by atoms with van der Waals surface area (Å²) in [5.74, 6) is 0. The van der Waals surface area contributed by atoms with Gasteiger partial charge in [0.05, 0.1) is 0 Å². The van der Waals surface area contributed by atoms with Crippen LogP contribution in [0.3, 0.4) is 0 Å². The Kier molecular flexibility index (Phi) is 4.93. The van der Waals surface area contributed by atoms with E-state index in [1.165, 1.54) is 16.8 Å². The average Bonchev–Trinajstić information content (AvgIpc) is 2.45. The van der Waals surface area contributed by atoms with Crippen LogP contribution in [-0.4, -0.2) is 18.1 Å². The Morgan fingerprint density at radius 1 is 1.05 bits per heavy atom. The lowest BCUT2D eigenvalue weighted by Crippen LogP contribution is -2.25. The molecular weight excluding hydrogens is 234 g/mol. The molecule has 1 heterocycles. The fourth-order valence-electron chi connectivity index (χ4n) is 2.05. The fraction of sp³-hybridized carbons (Fsp3) is 0.312. The second kappa shape index (κ2) is 6.90. The minimum atomic E-state index is 0.721. The van der Waals surface area contributed by atoms with Gasteiger partial charge in [-0.1, -0.05) is 17.7 Å². The molecule has 2 aromatic rings. The van der Waals surface area contributed by atoms with Gasteiger partial charge in [-0.15, -0.1) is 0 Å². The predicted octanol–water partition coefficient (Wildman–Crippen LogP) is 2.75. The first-order chi connectivity index (χ1) is 9.29. The van der Waals surface area contributed by atoms with Gasteiger partial charge in [-0.25, -0.2) is 0 Å². The fourth-order valence-corrected chi connectivity index (χ4v) is 2.05. The molecule has 0 atom stereocenters. The molecule has 0 aliphatic rings. The van der Waals surface area contributed by atoms with Crippen molar-refractivity contribution in [2.75, 3.05) is 18.0 Å². The maximum atomic E-state index is 5.64. The quantitative estimate of drug-likeness (QED) is 0.863. The number of nitrogens with two attached hydrogens (primary N) is 1. The van der Waals surface area contributed by atoms with Crippen molar-refractivity contribution in [3.8, 4) is 0 Å². The summed E-state index contributed by atoms with van der Waals surface area (Å²) in [6.45, 7) is 4.70. The van der Waals surface area contributed by atoms with Gasteiger partial charge in [-0.2, -0.15) is 0 Å². The Balaban J connectivity index is 2.13. The Bertz CT molecular complexity index is 479. The lowest BCUT2D eigenvalue weighted by atomic mass is 10.2. The molecule has 0 unspecified atom stereocenters. The van der Waals surface area contributed by atoms with Crippen LogP contribution in [0.25, 0.3) is 0 Å². The Morgan fingerprint density at radius 2 is 1.74 bits per heavy atom. The van der Waals surface area contributed by atoms with Crippen LogP contribution >= 0.6 is 0 Å². The monoisotopic (exact) mass is 255 g/mol. The van der Waals surface area contributed by atoms with Crippen LogP contribution in [0.4, 0.5) is 5.69 Å². The lowest BCUT2D eigenvalue weighted by molar-refractivity contribution is 0.735. The zero-order chi connectivity index (χ0) is 13.5. The number of nitrogens with zero attached hydrogens (tertiary/aromatic N) is 2. The highest BCUT2D eigenvalue weighted by molar-refractivity contribution is 5.48. The molecule has 0 fully saturated rings. The average molecular weight is 255 g/mol. The van der Waals surface area contributed by atoms with Crippen molar-refractivity contribution in [3.63, 3.8) is 0 Å². The molecule has 0 spiro atoms. The summed E-state index contributed by atoms with van der Waals surface area (Å²) >= 11 is 0. The molecule has 0 aliphatic heterocycles. The lowest BCUT2D eigenvalue weighted by Gasteiger charge is -2.25. The third kappa shape index (κ3) is 4.07. The molecule has 0 bridgehead atoms. The van der Waals surface area contributed by atoms with E-state index in [-0.39, 0.29) is 0 Å². The topological polar surface area (TPSA) is 42.1 Å². The number of hydrogen-bond acceptors (Lipinski definition) is 3. The van der Waals surface area contributed by atoms with E-state index in [0.717, 1.165) is 26.1 Å². The first kappa shape index (κ1) is 13.6. The minimum absolute atomic E-state index is 0.721. The second-order valence-corrected chi connectivity index (χ2v) is 4.75. The summed E-state index contributed by atoms with van der Waals surface area (Å²) in [7, 11) is 0. The summed E-state index contributed by atoms with van der Waals surface area (Å²) in [5.41, 5.74) is 9.44. The van der Waals surface area contributed by atoms with Gasteiger partial charge in [0.15, 0.2) is 0 Å². The van der Waals surface area contributed by atoms with Crippen molar-refractivity contribution in [1.82, 2.24) is 4.98 Å². The van der Waals surface area contributed by atoms with E-state index in [1.807, 2.05) is 12.4 Å². The van der Waals surface area contributed by atoms with Crippen LogP contribution in [-0.2, 0) is 6.54 Å². The Labute approximate surface area is 115 Å². The van der Waals surface area contributed by atoms with E-state index in [9.17, 15) is 0 Å². The van der Waals surface area contributed by atoms with E-state index in [1.54, 1.807) is 0 Å². The van der Waals surface area contributed by atoms with Crippen LogP contribution in [0.15, 0.2) is 48.8 Å². The molecule has 19 heavy (non-hydrogen) atoms. The Morgan fingerprint density at radius 3 is 2.37 bits per heavy atom. The van der Waals surface area contributed by atoms with E-state index >= 15 is 0 Å². The standard InChI is InChI=1S/C16H21N3/c1-14-3-5-16(6-4-14)19(12-2-9-17)13-15-7-10-18-11-8-15/h3-8,10-11H,2,9,12-13,17H2,1H3. The predicted molar refractivity (Wildman–Crippen MR) is 80.1 cm³/mol. The van der Waals surface area contributed by atoms with Crippen molar-refractivity contribution < 1.29 is 0 Å². The number of benzene rings is 1. The van der Waals surface area contributed by atoms with Crippen LogP contribution in [0, 0.1) is 6.92 Å². The van der Waals surface area contributed by atoms with Crippen LogP contribution in [0.5, 0.6) is 0 Å². The second-order valence-electron chi connectivity index (χ2n) is 4.75. The van der Waals surface area contributed by atoms with Crippen LogP contribution in [0.2, 0.25) is 0 Å². The normalized spacial score (nSPS) is 10.4. The first-order valence-electron chi connectivity index (χ1n) is 6.70. The number of rotatable bonds is 6. The van der Waals surface area contributed by atoms with E-state index < -0.39 is 0 Å². The van der Waals surface area contributed by atoms with E-state index in [0.29, 0.717) is 0 Å². The zero-order valence-corrected chi connectivity index (χ0v) is 11.4. The summed E-state index contributed by atoms with van der Waals surface area (Å²) in [6.07, 6.45) is 4.68. The molecule has 0 amide bonds. The third-order valence-electron chi connectivity index (χ3n) is 3.15. The molecule has 0 radical (unpaired) electrons. The molecule has 2 rings (SSSR count). The smallest absolute Gasteiger partial charge is 0.0430 e. The van der Waals surface area contributed by atoms with Crippen LogP contribution in [0.1, 0.15) is 17.5 Å². The number of anilines is 1. The maximum absolute atomic E-state index is 5.64. The van der Waals surface area contributed by atoms with Crippen molar-refractivity contribution in [2.24, 2.45) is 5.73 Å². The summed E-state index contributed by atoms with van der Waals surface area (Å²) in [5, 5.41) is 0. The first-order valence-corrected chi connectivity index (χ1v) is 6.70. The SMILES string of the molecule is Cc1ccc(N(CCCN)Cc2ccncc2)cc1. The molecule has 2 N–H and O–H groups in total. The number of hydrogen-bond donors (Lipinski definition) is 1. The van der Waals surface area contributed by atoms with Gasteiger partial charge in [0, 0.05) is 31.2 Å². The third-order valence-corrected chi connectivity index (χ3v) is 3.15. The van der Waals surface area contributed by atoms with Gasteiger partial charge in [0.2, 0.25) is 0 Å². The maximum Gasteiger partial charge on any atom is 0.0430 e. The van der Waals surface area contributed by atoms with Crippen molar-refractivity contribution >= 4 is 5.69 Å². The van der Waals surface area contributed by atoms with E-state index in [4.69, 9.17) is 5.73 Å². The summed E-state index contributed by atoms with van der Waals surface area (Å²) in [4.78, 5) is 6.42. The van der Waals surface area contributed by atoms with Gasteiger partial charge in [0.25, 0.3) is 0 Å². The molecule has 0 saturated heterocycles. The number of aryl methyl sites for hydroxylation is 1. The molecule has 1 aromatic heterocycles. The van der Waals surface area contributed by atoms with Crippen LogP contribution < -0.4 is 10.6 Å². The molecule has 3 nitrogen and oxygen atoms in total. The molecule has 0 saturated carbocycles. The highest BCUT2D eigenvalue weighted by Gasteiger charge is 2.06.